The zero-order chi connectivity index (χ0) is 14.6. The molecule has 2 aliphatic rings. The van der Waals surface area contributed by atoms with Crippen LogP contribution < -0.4 is 10.6 Å². The summed E-state index contributed by atoms with van der Waals surface area (Å²) < 4.78 is 2.07. The predicted molar refractivity (Wildman–Crippen MR) is 79.8 cm³/mol. The summed E-state index contributed by atoms with van der Waals surface area (Å²) in [5.41, 5.74) is 2.29. The number of nitrogens with one attached hydrogen (secondary N) is 2. The highest BCUT2D eigenvalue weighted by atomic mass is 16.2. The molecular weight excluding hydrogens is 264 g/mol. The van der Waals surface area contributed by atoms with Gasteiger partial charge in [0, 0.05) is 12.1 Å². The van der Waals surface area contributed by atoms with Gasteiger partial charge in [0.05, 0.1) is 17.8 Å². The minimum atomic E-state index is -0.0731. The number of imidazole rings is 1. The smallest absolute Gasteiger partial charge is 0.224 e. The lowest BCUT2D eigenvalue weighted by Gasteiger charge is -2.14. The minimum absolute atomic E-state index is 0.0731. The summed E-state index contributed by atoms with van der Waals surface area (Å²) in [4.78, 5) is 16.8. The zero-order valence-electron chi connectivity index (χ0n) is 12.3. The first-order valence-electron chi connectivity index (χ1n) is 7.60. The number of pyridine rings is 1. The van der Waals surface area contributed by atoms with Crippen LogP contribution in [0, 0.1) is 24.7 Å². The molecule has 2 aromatic rings. The Morgan fingerprint density at radius 1 is 1.48 bits per heavy atom. The van der Waals surface area contributed by atoms with Gasteiger partial charge in [-0.2, -0.15) is 0 Å². The molecule has 1 saturated heterocycles. The van der Waals surface area contributed by atoms with Crippen LogP contribution in [0.1, 0.15) is 24.4 Å². The predicted octanol–water partition coefficient (Wildman–Crippen LogP) is 1.29. The fraction of sp³-hybridized carbons (Fsp3) is 0.500. The molecule has 0 aromatic carbocycles. The maximum Gasteiger partial charge on any atom is 0.224 e. The van der Waals surface area contributed by atoms with Crippen molar-refractivity contribution in [2.45, 2.75) is 19.9 Å². The Hall–Kier alpha value is -1.88. The number of amides is 1. The summed E-state index contributed by atoms with van der Waals surface area (Å²) in [6, 6.07) is 4.01. The maximum absolute atomic E-state index is 12.4. The normalized spacial score (nSPS) is 28.4. The monoisotopic (exact) mass is 284 g/mol. The van der Waals surface area contributed by atoms with Gasteiger partial charge in [0.25, 0.3) is 0 Å². The Morgan fingerprint density at radius 2 is 2.24 bits per heavy atom. The second-order valence-corrected chi connectivity index (χ2v) is 6.30. The van der Waals surface area contributed by atoms with Crippen molar-refractivity contribution < 1.29 is 4.79 Å². The lowest BCUT2D eigenvalue weighted by atomic mass is 10.2. The van der Waals surface area contributed by atoms with Crippen LogP contribution in [0.5, 0.6) is 0 Å². The van der Waals surface area contributed by atoms with Crippen molar-refractivity contribution in [2.24, 2.45) is 17.8 Å². The van der Waals surface area contributed by atoms with Crippen LogP contribution in [-0.4, -0.2) is 28.4 Å². The van der Waals surface area contributed by atoms with Gasteiger partial charge in [-0.1, -0.05) is 6.07 Å². The largest absolute Gasteiger partial charge is 0.346 e. The lowest BCUT2D eigenvalue weighted by Crippen LogP contribution is -2.32. The van der Waals surface area contributed by atoms with Crippen LogP contribution in [-0.2, 0) is 4.79 Å². The van der Waals surface area contributed by atoms with E-state index >= 15 is 0 Å². The van der Waals surface area contributed by atoms with E-state index in [0.717, 1.165) is 24.4 Å². The van der Waals surface area contributed by atoms with Crippen molar-refractivity contribution in [3.8, 4) is 0 Å². The fourth-order valence-corrected chi connectivity index (χ4v) is 3.68. The fourth-order valence-electron chi connectivity index (χ4n) is 3.68. The Balaban J connectivity index is 1.52. The molecule has 4 atom stereocenters. The first-order chi connectivity index (χ1) is 10.2. The van der Waals surface area contributed by atoms with E-state index in [0.29, 0.717) is 11.8 Å². The summed E-state index contributed by atoms with van der Waals surface area (Å²) in [6.45, 7) is 6.05. The number of rotatable bonds is 3. The van der Waals surface area contributed by atoms with Crippen LogP contribution in [0.2, 0.25) is 0 Å². The van der Waals surface area contributed by atoms with E-state index < -0.39 is 0 Å². The Morgan fingerprint density at radius 3 is 3.00 bits per heavy atom. The van der Waals surface area contributed by atoms with E-state index in [2.05, 4.69) is 33.0 Å². The number of carbonyl (C=O) groups excluding carboxylic acids is 1. The highest BCUT2D eigenvalue weighted by molar-refractivity contribution is 5.83. The van der Waals surface area contributed by atoms with Gasteiger partial charge in [-0.05, 0) is 50.4 Å². The van der Waals surface area contributed by atoms with E-state index in [1.807, 2.05) is 25.4 Å². The van der Waals surface area contributed by atoms with E-state index in [-0.39, 0.29) is 17.9 Å². The van der Waals surface area contributed by atoms with E-state index in [4.69, 9.17) is 0 Å². The summed E-state index contributed by atoms with van der Waals surface area (Å²) in [6.07, 6.45) is 3.88. The van der Waals surface area contributed by atoms with Gasteiger partial charge < -0.3 is 15.0 Å². The molecule has 3 heterocycles. The molecule has 5 heteroatoms. The van der Waals surface area contributed by atoms with Gasteiger partial charge in [-0.3, -0.25) is 4.79 Å². The van der Waals surface area contributed by atoms with E-state index in [1.54, 1.807) is 0 Å². The average Bonchev–Trinajstić information content (AvgIpc) is 2.84. The third kappa shape index (κ3) is 1.95. The number of piperidine rings is 1. The molecule has 110 valence electrons. The molecule has 0 bridgehead atoms. The molecule has 2 fully saturated rings. The van der Waals surface area contributed by atoms with Crippen LogP contribution in [0.15, 0.2) is 24.5 Å². The Labute approximate surface area is 123 Å². The molecule has 1 saturated carbocycles. The Kier molecular flexibility index (Phi) is 2.79. The van der Waals surface area contributed by atoms with Gasteiger partial charge in [0.2, 0.25) is 5.91 Å². The summed E-state index contributed by atoms with van der Waals surface area (Å²) in [5, 5.41) is 6.46. The highest BCUT2D eigenvalue weighted by Crippen LogP contribution is 2.48. The topological polar surface area (TPSA) is 58.4 Å². The molecule has 2 N–H and O–H groups in total. The first kappa shape index (κ1) is 12.8. The lowest BCUT2D eigenvalue weighted by molar-refractivity contribution is -0.123. The van der Waals surface area contributed by atoms with Crippen molar-refractivity contribution in [1.82, 2.24) is 20.0 Å². The number of aryl methyl sites for hydroxylation is 1. The van der Waals surface area contributed by atoms with Crippen LogP contribution in [0.3, 0.4) is 0 Å². The number of nitrogens with zero attached hydrogens (tertiary/aromatic N) is 2. The molecule has 0 radical (unpaired) electrons. The maximum atomic E-state index is 12.4. The molecule has 2 aromatic heterocycles. The number of hydrogen-bond donors (Lipinski definition) is 2. The third-order valence-electron chi connectivity index (χ3n) is 4.95. The first-order valence-corrected chi connectivity index (χ1v) is 7.60. The van der Waals surface area contributed by atoms with Gasteiger partial charge in [0.15, 0.2) is 0 Å². The summed E-state index contributed by atoms with van der Waals surface area (Å²) >= 11 is 0. The minimum Gasteiger partial charge on any atom is -0.346 e. The van der Waals surface area contributed by atoms with Crippen molar-refractivity contribution in [3.63, 3.8) is 0 Å². The average molecular weight is 284 g/mol. The Bertz CT molecular complexity index is 697. The van der Waals surface area contributed by atoms with Crippen LogP contribution in [0.4, 0.5) is 0 Å². The van der Waals surface area contributed by atoms with Crippen molar-refractivity contribution in [3.05, 3.63) is 35.9 Å². The second-order valence-electron chi connectivity index (χ2n) is 6.30. The quantitative estimate of drug-likeness (QED) is 0.893. The molecule has 1 aliphatic heterocycles. The van der Waals surface area contributed by atoms with Gasteiger partial charge >= 0.3 is 0 Å². The van der Waals surface area contributed by atoms with Crippen molar-refractivity contribution >= 4 is 11.4 Å². The number of fused-ring (bicyclic) bond motifs is 2. The van der Waals surface area contributed by atoms with Crippen LogP contribution >= 0.6 is 0 Å². The summed E-state index contributed by atoms with van der Waals surface area (Å²) in [5.74, 6) is 2.39. The second kappa shape index (κ2) is 4.56. The van der Waals surface area contributed by atoms with E-state index in [9.17, 15) is 4.79 Å². The molecule has 1 amide bonds. The third-order valence-corrected chi connectivity index (χ3v) is 4.95. The van der Waals surface area contributed by atoms with Gasteiger partial charge in [-0.15, -0.1) is 0 Å². The van der Waals surface area contributed by atoms with Crippen LogP contribution in [0.25, 0.3) is 5.52 Å². The van der Waals surface area contributed by atoms with E-state index in [1.165, 1.54) is 5.56 Å². The molecular formula is C16H20N4O. The number of carbonyl (C=O) groups is 1. The molecule has 5 nitrogen and oxygen atoms in total. The molecule has 21 heavy (non-hydrogen) atoms. The highest BCUT2D eigenvalue weighted by Gasteiger charge is 2.56. The van der Waals surface area contributed by atoms with Crippen molar-refractivity contribution in [1.29, 1.82) is 0 Å². The van der Waals surface area contributed by atoms with Crippen molar-refractivity contribution in [2.75, 3.05) is 13.1 Å². The molecule has 4 rings (SSSR count). The SMILES string of the molecule is Cc1cccn2c([C@H](C)NC(=O)[C@H]3[C@@H]4CNC[C@@H]43)ncc12. The molecule has 1 aliphatic carbocycles. The standard InChI is InChI=1S/C16H20N4O/c1-9-4-3-5-20-13(9)8-18-15(20)10(2)19-16(21)14-11-6-17-7-12(11)14/h3-5,8,10-12,14,17H,6-7H2,1-2H3,(H,19,21)/t10-,11-,12+,14+/m0/s1. The number of hydrogen-bond acceptors (Lipinski definition) is 3. The molecule has 0 spiro atoms. The van der Waals surface area contributed by atoms with Gasteiger partial charge in [-0.25, -0.2) is 4.98 Å². The van der Waals surface area contributed by atoms with Gasteiger partial charge in [0.1, 0.15) is 5.82 Å². The summed E-state index contributed by atoms with van der Waals surface area (Å²) in [7, 11) is 0. The zero-order valence-corrected chi connectivity index (χ0v) is 12.3. The number of aromatic nitrogens is 2. The molecule has 0 unspecified atom stereocenters.